The van der Waals surface area contributed by atoms with Crippen LogP contribution in [-0.4, -0.2) is 61.3 Å². The van der Waals surface area contributed by atoms with E-state index in [0.29, 0.717) is 34.3 Å². The number of benzene rings is 2. The van der Waals surface area contributed by atoms with Crippen LogP contribution in [-0.2, 0) is 16.6 Å². The van der Waals surface area contributed by atoms with Gasteiger partial charge in [-0.05, 0) is 75.1 Å². The molecule has 3 aromatic rings. The summed E-state index contributed by atoms with van der Waals surface area (Å²) in [7, 11) is -3.31. The standard InChI is InChI=1S/C29H39N5O5S.ClH/c1-5-6-17-34(29(35)30-28-21(2)31-39-22(28)3)25-15-18-33(19-16-25)20-23-7-11-26(12-8-23)38-27-13-9-24(10-14-27)32-40(4,36)37;/h7-14,25,32H,5-6,15-20H2,1-4H3,(H,30,35);1H. The number of unbranched alkanes of at least 4 members (excludes halogenated alkanes) is 1. The highest BCUT2D eigenvalue weighted by Crippen LogP contribution is 2.26. The molecule has 12 heteroatoms. The molecular weight excluding hydrogens is 566 g/mol. The number of aromatic nitrogens is 1. The van der Waals surface area contributed by atoms with Crippen molar-refractivity contribution in [2.45, 2.75) is 59.0 Å². The van der Waals surface area contributed by atoms with E-state index >= 15 is 0 Å². The molecule has 2 amide bonds. The van der Waals surface area contributed by atoms with Crippen molar-refractivity contribution in [2.24, 2.45) is 0 Å². The molecule has 0 radical (unpaired) electrons. The summed E-state index contributed by atoms with van der Waals surface area (Å²) >= 11 is 0. The van der Waals surface area contributed by atoms with Gasteiger partial charge in [-0.25, -0.2) is 13.2 Å². The van der Waals surface area contributed by atoms with Crippen molar-refractivity contribution < 1.29 is 22.5 Å². The Balaban J connectivity index is 0.00000462. The van der Waals surface area contributed by atoms with E-state index in [1.165, 1.54) is 5.56 Å². The lowest BCUT2D eigenvalue weighted by Gasteiger charge is -2.38. The van der Waals surface area contributed by atoms with Crippen LogP contribution >= 0.6 is 12.4 Å². The highest BCUT2D eigenvalue weighted by Gasteiger charge is 2.28. The summed E-state index contributed by atoms with van der Waals surface area (Å²) < 4.78 is 36.3. The number of piperidine rings is 1. The fourth-order valence-corrected chi connectivity index (χ4v) is 5.43. The first kappa shape index (κ1) is 32.2. The number of likely N-dealkylation sites (tertiary alicyclic amines) is 1. The lowest BCUT2D eigenvalue weighted by molar-refractivity contribution is 0.122. The minimum Gasteiger partial charge on any atom is -0.457 e. The third-order valence-electron chi connectivity index (χ3n) is 7.00. The van der Waals surface area contributed by atoms with Gasteiger partial charge in [-0.1, -0.05) is 30.6 Å². The molecule has 0 spiro atoms. The van der Waals surface area contributed by atoms with Crippen LogP contribution in [0.2, 0.25) is 0 Å². The third-order valence-corrected chi connectivity index (χ3v) is 7.61. The molecule has 224 valence electrons. The molecule has 0 unspecified atom stereocenters. The molecule has 0 atom stereocenters. The predicted molar refractivity (Wildman–Crippen MR) is 164 cm³/mol. The monoisotopic (exact) mass is 605 g/mol. The van der Waals surface area contributed by atoms with E-state index in [9.17, 15) is 13.2 Å². The molecular formula is C29H40ClN5O5S. The van der Waals surface area contributed by atoms with Crippen molar-refractivity contribution >= 4 is 39.8 Å². The number of carbonyl (C=O) groups is 1. The molecule has 0 bridgehead atoms. The molecule has 1 aliphatic heterocycles. The second kappa shape index (κ2) is 14.6. The van der Waals surface area contributed by atoms with Crippen LogP contribution in [0.25, 0.3) is 0 Å². The van der Waals surface area contributed by atoms with Crippen LogP contribution in [0, 0.1) is 13.8 Å². The van der Waals surface area contributed by atoms with E-state index in [1.54, 1.807) is 24.3 Å². The Labute approximate surface area is 248 Å². The molecule has 1 fully saturated rings. The van der Waals surface area contributed by atoms with Crippen molar-refractivity contribution in [3.8, 4) is 11.5 Å². The van der Waals surface area contributed by atoms with Crippen LogP contribution in [0.15, 0.2) is 53.1 Å². The maximum atomic E-state index is 13.2. The second-order valence-electron chi connectivity index (χ2n) is 10.3. The Hall–Kier alpha value is -3.28. The quantitative estimate of drug-likeness (QED) is 0.268. The topological polar surface area (TPSA) is 117 Å². The van der Waals surface area contributed by atoms with Crippen LogP contribution < -0.4 is 14.8 Å². The van der Waals surface area contributed by atoms with Gasteiger partial charge in [0.1, 0.15) is 22.9 Å². The summed E-state index contributed by atoms with van der Waals surface area (Å²) in [6.07, 6.45) is 4.95. The number of amides is 2. The maximum Gasteiger partial charge on any atom is 0.322 e. The molecule has 0 saturated carbocycles. The minimum absolute atomic E-state index is 0. The van der Waals surface area contributed by atoms with Crippen LogP contribution in [0.1, 0.15) is 49.6 Å². The van der Waals surface area contributed by atoms with E-state index < -0.39 is 10.0 Å². The molecule has 10 nitrogen and oxygen atoms in total. The first-order valence-electron chi connectivity index (χ1n) is 13.7. The fraction of sp³-hybridized carbons (Fsp3) is 0.448. The summed E-state index contributed by atoms with van der Waals surface area (Å²) in [4.78, 5) is 17.6. The summed E-state index contributed by atoms with van der Waals surface area (Å²) in [5, 5.41) is 6.98. The molecule has 1 aromatic heterocycles. The summed E-state index contributed by atoms with van der Waals surface area (Å²) in [5.41, 5.74) is 3.03. The fourth-order valence-electron chi connectivity index (χ4n) is 4.87. The minimum atomic E-state index is -3.31. The number of nitrogens with zero attached hydrogens (tertiary/aromatic N) is 3. The van der Waals surface area contributed by atoms with Gasteiger partial charge in [0.05, 0.1) is 6.26 Å². The number of nitrogens with one attached hydrogen (secondary N) is 2. The largest absolute Gasteiger partial charge is 0.457 e. The number of urea groups is 1. The number of carbonyl (C=O) groups excluding carboxylic acids is 1. The lowest BCUT2D eigenvalue weighted by Crippen LogP contribution is -2.49. The van der Waals surface area contributed by atoms with Crippen LogP contribution in [0.5, 0.6) is 11.5 Å². The van der Waals surface area contributed by atoms with Gasteiger partial charge in [-0.3, -0.25) is 9.62 Å². The van der Waals surface area contributed by atoms with Crippen LogP contribution in [0.4, 0.5) is 16.2 Å². The number of ether oxygens (including phenoxy) is 1. The zero-order chi connectivity index (χ0) is 28.7. The Bertz CT molecular complexity index is 1350. The van der Waals surface area contributed by atoms with Crippen molar-refractivity contribution in [3.63, 3.8) is 0 Å². The summed E-state index contributed by atoms with van der Waals surface area (Å²) in [6, 6.07) is 14.9. The smallest absolute Gasteiger partial charge is 0.322 e. The average molecular weight is 606 g/mol. The van der Waals surface area contributed by atoms with E-state index in [2.05, 4.69) is 39.2 Å². The zero-order valence-electron chi connectivity index (χ0n) is 24.1. The molecule has 1 aliphatic rings. The van der Waals surface area contributed by atoms with Gasteiger partial charge >= 0.3 is 6.03 Å². The molecule has 2 heterocycles. The molecule has 0 aliphatic carbocycles. The SMILES string of the molecule is CCCCN(C(=O)Nc1c(C)noc1C)C1CCN(Cc2ccc(Oc3ccc(NS(C)(=O)=O)cc3)cc2)CC1.Cl. The Morgan fingerprint density at radius 1 is 1.07 bits per heavy atom. The van der Waals surface area contributed by atoms with Crippen molar-refractivity contribution in [2.75, 3.05) is 35.9 Å². The number of rotatable bonds is 11. The van der Waals surface area contributed by atoms with Crippen molar-refractivity contribution in [1.82, 2.24) is 15.0 Å². The van der Waals surface area contributed by atoms with E-state index in [0.717, 1.165) is 58.1 Å². The highest BCUT2D eigenvalue weighted by molar-refractivity contribution is 7.92. The Morgan fingerprint density at radius 3 is 2.22 bits per heavy atom. The zero-order valence-corrected chi connectivity index (χ0v) is 25.7. The molecule has 2 aromatic carbocycles. The van der Waals surface area contributed by atoms with E-state index in [4.69, 9.17) is 9.26 Å². The molecule has 1 saturated heterocycles. The van der Waals surface area contributed by atoms with Gasteiger partial charge in [0.25, 0.3) is 0 Å². The molecule has 2 N–H and O–H groups in total. The van der Waals surface area contributed by atoms with Crippen molar-refractivity contribution in [3.05, 3.63) is 65.5 Å². The normalized spacial score (nSPS) is 14.2. The second-order valence-corrected chi connectivity index (χ2v) is 12.1. The molecule has 41 heavy (non-hydrogen) atoms. The van der Waals surface area contributed by atoms with E-state index in [-0.39, 0.29) is 24.5 Å². The number of halogens is 1. The van der Waals surface area contributed by atoms with E-state index in [1.807, 2.05) is 30.9 Å². The first-order valence-corrected chi connectivity index (χ1v) is 15.6. The number of hydrogen-bond donors (Lipinski definition) is 2. The lowest BCUT2D eigenvalue weighted by atomic mass is 10.0. The Morgan fingerprint density at radius 2 is 1.68 bits per heavy atom. The number of aryl methyl sites for hydroxylation is 2. The summed E-state index contributed by atoms with van der Waals surface area (Å²) in [6.45, 7) is 9.17. The maximum absolute atomic E-state index is 13.2. The highest BCUT2D eigenvalue weighted by atomic mass is 35.5. The van der Waals surface area contributed by atoms with Crippen LogP contribution in [0.3, 0.4) is 0 Å². The van der Waals surface area contributed by atoms with Gasteiger partial charge in [0.15, 0.2) is 5.76 Å². The van der Waals surface area contributed by atoms with Crippen molar-refractivity contribution in [1.29, 1.82) is 0 Å². The van der Waals surface area contributed by atoms with Gasteiger partial charge in [-0.2, -0.15) is 0 Å². The van der Waals surface area contributed by atoms with Gasteiger partial charge < -0.3 is 19.5 Å². The van der Waals surface area contributed by atoms with Gasteiger partial charge in [-0.15, -0.1) is 12.4 Å². The first-order chi connectivity index (χ1) is 19.1. The van der Waals surface area contributed by atoms with Gasteiger partial charge in [0.2, 0.25) is 10.0 Å². The molecule has 4 rings (SSSR count). The summed E-state index contributed by atoms with van der Waals surface area (Å²) in [5.74, 6) is 1.95. The average Bonchev–Trinajstić information content (AvgIpc) is 3.23. The third kappa shape index (κ3) is 9.37. The number of hydrogen-bond acceptors (Lipinski definition) is 7. The number of sulfonamides is 1. The Kier molecular flexibility index (Phi) is 11.5. The van der Waals surface area contributed by atoms with Gasteiger partial charge in [0, 0.05) is 37.9 Å². The predicted octanol–water partition coefficient (Wildman–Crippen LogP) is 6.18. The number of anilines is 2.